The zero-order valence-electron chi connectivity index (χ0n) is 13.8. The van der Waals surface area contributed by atoms with Crippen LogP contribution in [-0.4, -0.2) is 37.1 Å². The van der Waals surface area contributed by atoms with Crippen LogP contribution in [0.1, 0.15) is 17.9 Å². The van der Waals surface area contributed by atoms with E-state index in [4.69, 9.17) is 16.3 Å². The molecule has 7 heteroatoms. The van der Waals surface area contributed by atoms with Gasteiger partial charge in [0.2, 0.25) is 11.8 Å². The van der Waals surface area contributed by atoms with Crippen LogP contribution in [0.15, 0.2) is 30.6 Å². The quantitative estimate of drug-likeness (QED) is 0.901. The highest BCUT2D eigenvalue weighted by Crippen LogP contribution is 2.50. The number of methoxy groups -OCH3 is 1. The van der Waals surface area contributed by atoms with Crippen molar-refractivity contribution >= 4 is 29.0 Å². The molecule has 0 bridgehead atoms. The third-order valence-electron chi connectivity index (χ3n) is 4.09. The Hall–Kier alpha value is -2.34. The van der Waals surface area contributed by atoms with E-state index in [-0.39, 0.29) is 17.7 Å². The lowest BCUT2D eigenvalue weighted by molar-refractivity contribution is -0.117. The van der Waals surface area contributed by atoms with E-state index in [0.29, 0.717) is 22.4 Å². The Morgan fingerprint density at radius 3 is 2.75 bits per heavy atom. The summed E-state index contributed by atoms with van der Waals surface area (Å²) < 4.78 is 5.25. The summed E-state index contributed by atoms with van der Waals surface area (Å²) in [7, 11) is 5.21. The molecule has 1 N–H and O–H groups in total. The van der Waals surface area contributed by atoms with E-state index in [1.807, 2.05) is 38.4 Å². The fourth-order valence-corrected chi connectivity index (χ4v) is 3.06. The van der Waals surface area contributed by atoms with Crippen molar-refractivity contribution in [2.75, 3.05) is 31.4 Å². The van der Waals surface area contributed by atoms with Crippen molar-refractivity contribution in [3.63, 3.8) is 0 Å². The molecule has 2 aromatic rings. The third-order valence-corrected chi connectivity index (χ3v) is 4.43. The molecule has 3 rings (SSSR count). The first-order valence-electron chi connectivity index (χ1n) is 7.64. The van der Waals surface area contributed by atoms with E-state index in [9.17, 15) is 4.79 Å². The maximum Gasteiger partial charge on any atom is 0.242 e. The number of aromatic nitrogens is 2. The van der Waals surface area contributed by atoms with Crippen molar-refractivity contribution in [3.05, 3.63) is 41.2 Å². The van der Waals surface area contributed by atoms with Gasteiger partial charge in [-0.15, -0.1) is 0 Å². The lowest BCUT2D eigenvalue weighted by atomic mass is 10.1. The van der Waals surface area contributed by atoms with Gasteiger partial charge in [0, 0.05) is 25.0 Å². The first-order chi connectivity index (χ1) is 11.5. The highest BCUT2D eigenvalue weighted by atomic mass is 35.5. The van der Waals surface area contributed by atoms with Crippen LogP contribution in [0, 0.1) is 5.92 Å². The molecule has 1 aliphatic carbocycles. The average molecular weight is 347 g/mol. The largest absolute Gasteiger partial charge is 0.479 e. The molecule has 24 heavy (non-hydrogen) atoms. The van der Waals surface area contributed by atoms with Crippen molar-refractivity contribution in [3.8, 4) is 5.88 Å². The smallest absolute Gasteiger partial charge is 0.242 e. The van der Waals surface area contributed by atoms with Crippen LogP contribution < -0.4 is 15.0 Å². The number of ether oxygens (including phenoxy) is 1. The van der Waals surface area contributed by atoms with E-state index in [1.54, 1.807) is 4.90 Å². The first kappa shape index (κ1) is 16.5. The third kappa shape index (κ3) is 3.14. The second kappa shape index (κ2) is 6.65. The number of amides is 1. The van der Waals surface area contributed by atoms with Crippen LogP contribution in [0.3, 0.4) is 0 Å². The number of hydrogen-bond acceptors (Lipinski definition) is 5. The van der Waals surface area contributed by atoms with Gasteiger partial charge in [0.15, 0.2) is 5.82 Å². The Kier molecular flexibility index (Phi) is 4.57. The molecule has 1 saturated carbocycles. The molecule has 6 nitrogen and oxygen atoms in total. The summed E-state index contributed by atoms with van der Waals surface area (Å²) in [6.07, 6.45) is 2.19. The molecule has 1 aromatic heterocycles. The van der Waals surface area contributed by atoms with Gasteiger partial charge >= 0.3 is 0 Å². The molecule has 0 spiro atoms. The summed E-state index contributed by atoms with van der Waals surface area (Å²) in [6, 6.07) is 7.64. The monoisotopic (exact) mass is 346 g/mol. The minimum Gasteiger partial charge on any atom is -0.479 e. The fraction of sp³-hybridized carbons (Fsp3) is 0.353. The molecule has 1 heterocycles. The van der Waals surface area contributed by atoms with Crippen LogP contribution in [0.25, 0.3) is 0 Å². The standard InChI is InChI=1S/C17H19ClN4O2/c1-22(2)15-14(17(24-3)20-9-19-15)21-16(23)12-8-11(12)10-6-4-5-7-13(10)18/h4-7,9,11-12H,8H2,1-3H3,(H,21,23)/t11-,12+/m0/s1. The summed E-state index contributed by atoms with van der Waals surface area (Å²) in [5.74, 6) is 0.917. The van der Waals surface area contributed by atoms with Crippen molar-refractivity contribution < 1.29 is 9.53 Å². The number of anilines is 2. The number of nitrogens with one attached hydrogen (secondary N) is 1. The predicted molar refractivity (Wildman–Crippen MR) is 93.8 cm³/mol. The number of carbonyl (C=O) groups excluding carboxylic acids is 1. The van der Waals surface area contributed by atoms with Gasteiger partial charge in [-0.05, 0) is 24.0 Å². The summed E-state index contributed by atoms with van der Waals surface area (Å²) >= 11 is 6.23. The minimum absolute atomic E-state index is 0.0730. The van der Waals surface area contributed by atoms with E-state index in [2.05, 4.69) is 15.3 Å². The van der Waals surface area contributed by atoms with Crippen LogP contribution in [0.5, 0.6) is 5.88 Å². The lowest BCUT2D eigenvalue weighted by Gasteiger charge is -2.18. The molecule has 1 aliphatic rings. The Bertz CT molecular complexity index is 766. The zero-order chi connectivity index (χ0) is 17.3. The van der Waals surface area contributed by atoms with Crippen molar-refractivity contribution in [2.45, 2.75) is 12.3 Å². The maximum atomic E-state index is 12.6. The van der Waals surface area contributed by atoms with Gasteiger partial charge in [0.1, 0.15) is 12.0 Å². The van der Waals surface area contributed by atoms with Gasteiger partial charge in [-0.3, -0.25) is 4.79 Å². The van der Waals surface area contributed by atoms with Crippen molar-refractivity contribution in [2.24, 2.45) is 5.92 Å². The Labute approximate surface area is 145 Å². The van der Waals surface area contributed by atoms with Crippen molar-refractivity contribution in [1.29, 1.82) is 0 Å². The predicted octanol–water partition coefficient (Wildman–Crippen LogP) is 2.95. The highest BCUT2D eigenvalue weighted by molar-refractivity contribution is 6.31. The zero-order valence-corrected chi connectivity index (χ0v) is 14.5. The van der Waals surface area contributed by atoms with Gasteiger partial charge < -0.3 is 15.0 Å². The molecule has 0 saturated heterocycles. The molecule has 2 atom stereocenters. The van der Waals surface area contributed by atoms with Gasteiger partial charge in [-0.25, -0.2) is 4.98 Å². The minimum atomic E-state index is -0.107. The Morgan fingerprint density at radius 2 is 2.08 bits per heavy atom. The van der Waals surface area contributed by atoms with Gasteiger partial charge in [0.05, 0.1) is 7.11 Å². The SMILES string of the molecule is COc1ncnc(N(C)C)c1NC(=O)[C@@H]1C[C@H]1c1ccccc1Cl. The summed E-state index contributed by atoms with van der Waals surface area (Å²) in [6.45, 7) is 0. The molecule has 1 amide bonds. The first-order valence-corrected chi connectivity index (χ1v) is 8.02. The molecular weight excluding hydrogens is 328 g/mol. The molecule has 126 valence electrons. The molecule has 0 aliphatic heterocycles. The van der Waals surface area contributed by atoms with Gasteiger partial charge in [-0.2, -0.15) is 4.98 Å². The molecule has 0 radical (unpaired) electrons. The summed E-state index contributed by atoms with van der Waals surface area (Å²) in [5.41, 5.74) is 1.50. The van der Waals surface area contributed by atoms with E-state index >= 15 is 0 Å². The number of hydrogen-bond donors (Lipinski definition) is 1. The van der Waals surface area contributed by atoms with Crippen LogP contribution >= 0.6 is 11.6 Å². The number of rotatable bonds is 5. The Morgan fingerprint density at radius 1 is 1.33 bits per heavy atom. The lowest BCUT2D eigenvalue weighted by Crippen LogP contribution is -2.20. The molecule has 1 fully saturated rings. The second-order valence-corrected chi connectivity index (χ2v) is 6.34. The van der Waals surface area contributed by atoms with Crippen molar-refractivity contribution in [1.82, 2.24) is 9.97 Å². The molecular formula is C17H19ClN4O2. The van der Waals surface area contributed by atoms with E-state index in [0.717, 1.165) is 12.0 Å². The fourth-order valence-electron chi connectivity index (χ4n) is 2.78. The maximum absolute atomic E-state index is 12.6. The van der Waals surface area contributed by atoms with Crippen LogP contribution in [0.4, 0.5) is 11.5 Å². The van der Waals surface area contributed by atoms with E-state index in [1.165, 1.54) is 13.4 Å². The van der Waals surface area contributed by atoms with Crippen LogP contribution in [-0.2, 0) is 4.79 Å². The van der Waals surface area contributed by atoms with Crippen LogP contribution in [0.2, 0.25) is 5.02 Å². The van der Waals surface area contributed by atoms with E-state index < -0.39 is 0 Å². The number of nitrogens with zero attached hydrogens (tertiary/aromatic N) is 3. The number of halogens is 1. The average Bonchev–Trinajstić information content (AvgIpc) is 3.35. The summed E-state index contributed by atoms with van der Waals surface area (Å²) in [4.78, 5) is 22.7. The molecule has 0 unspecified atom stereocenters. The Balaban J connectivity index is 1.79. The highest BCUT2D eigenvalue weighted by Gasteiger charge is 2.45. The van der Waals surface area contributed by atoms with Gasteiger partial charge in [-0.1, -0.05) is 29.8 Å². The summed E-state index contributed by atoms with van der Waals surface area (Å²) in [5, 5.41) is 3.62. The topological polar surface area (TPSA) is 67.4 Å². The van der Waals surface area contributed by atoms with Gasteiger partial charge in [0.25, 0.3) is 0 Å². The number of benzene rings is 1. The number of carbonyl (C=O) groups is 1. The molecule has 1 aromatic carbocycles. The second-order valence-electron chi connectivity index (χ2n) is 5.94. The normalized spacial score (nSPS) is 18.8.